The SMILES string of the molecule is CCCC1CCC[NH+](CCC)C1.O=S(=O)([O-])C(F)(F)F. The normalized spacial score (nSPS) is 23.9. The molecule has 0 bridgehead atoms. The third-order valence-corrected chi connectivity index (χ3v) is 3.87. The van der Waals surface area contributed by atoms with E-state index in [9.17, 15) is 13.2 Å². The van der Waals surface area contributed by atoms with Crippen molar-refractivity contribution >= 4 is 10.1 Å². The molecule has 2 unspecified atom stereocenters. The lowest BCUT2D eigenvalue weighted by atomic mass is 9.94. The fourth-order valence-electron chi connectivity index (χ4n) is 2.49. The Labute approximate surface area is 119 Å². The van der Waals surface area contributed by atoms with Crippen LogP contribution in [-0.4, -0.2) is 38.1 Å². The van der Waals surface area contributed by atoms with E-state index in [2.05, 4.69) is 13.8 Å². The Morgan fingerprint density at radius 3 is 2.20 bits per heavy atom. The number of hydrogen-bond donors (Lipinski definition) is 1. The molecule has 1 aliphatic heterocycles. The van der Waals surface area contributed by atoms with Gasteiger partial charge in [-0.1, -0.05) is 20.3 Å². The van der Waals surface area contributed by atoms with Crippen molar-refractivity contribution in [1.82, 2.24) is 0 Å². The van der Waals surface area contributed by atoms with E-state index in [1.54, 1.807) is 0 Å². The number of rotatable bonds is 4. The van der Waals surface area contributed by atoms with Gasteiger partial charge in [-0.25, -0.2) is 8.42 Å². The summed E-state index contributed by atoms with van der Waals surface area (Å²) in [6, 6.07) is 0. The molecule has 0 radical (unpaired) electrons. The lowest BCUT2D eigenvalue weighted by molar-refractivity contribution is -0.908. The smallest absolute Gasteiger partial charge is 0.485 e. The second kappa shape index (κ2) is 8.84. The van der Waals surface area contributed by atoms with Crippen LogP contribution in [0.4, 0.5) is 13.2 Å². The van der Waals surface area contributed by atoms with Gasteiger partial charge in [0.05, 0.1) is 19.6 Å². The van der Waals surface area contributed by atoms with Crippen molar-refractivity contribution in [3.63, 3.8) is 0 Å². The molecule has 1 N–H and O–H groups in total. The monoisotopic (exact) mass is 319 g/mol. The molecule has 122 valence electrons. The first-order valence-electron chi connectivity index (χ1n) is 6.97. The largest absolute Gasteiger partial charge is 0.741 e. The lowest BCUT2D eigenvalue weighted by Crippen LogP contribution is -3.13. The van der Waals surface area contributed by atoms with Crippen LogP contribution in [0, 0.1) is 5.92 Å². The van der Waals surface area contributed by atoms with Crippen LogP contribution >= 0.6 is 0 Å². The fraction of sp³-hybridized carbons (Fsp3) is 1.00. The molecule has 1 fully saturated rings. The van der Waals surface area contributed by atoms with E-state index in [1.807, 2.05) is 4.90 Å². The van der Waals surface area contributed by atoms with Gasteiger partial charge in [-0.15, -0.1) is 0 Å². The molecule has 0 spiro atoms. The van der Waals surface area contributed by atoms with Gasteiger partial charge in [-0.2, -0.15) is 13.2 Å². The van der Waals surface area contributed by atoms with Crippen LogP contribution in [0.1, 0.15) is 46.0 Å². The summed E-state index contributed by atoms with van der Waals surface area (Å²) in [4.78, 5) is 1.86. The van der Waals surface area contributed by atoms with Gasteiger partial charge in [0, 0.05) is 5.92 Å². The molecule has 0 aromatic heterocycles. The maximum atomic E-state index is 10.7. The van der Waals surface area contributed by atoms with E-state index in [1.165, 1.54) is 51.7 Å². The van der Waals surface area contributed by atoms with Gasteiger partial charge in [0.25, 0.3) is 0 Å². The van der Waals surface area contributed by atoms with Crippen molar-refractivity contribution in [2.45, 2.75) is 51.5 Å². The summed E-state index contributed by atoms with van der Waals surface area (Å²) in [7, 11) is -6.09. The highest BCUT2D eigenvalue weighted by Crippen LogP contribution is 2.20. The number of likely N-dealkylation sites (tertiary alicyclic amines) is 1. The van der Waals surface area contributed by atoms with Crippen LogP contribution in [0.5, 0.6) is 0 Å². The number of nitrogens with one attached hydrogen (secondary N) is 1. The summed E-state index contributed by atoms with van der Waals surface area (Å²) in [6.07, 6.45) is 7.17. The van der Waals surface area contributed by atoms with Crippen molar-refractivity contribution < 1.29 is 31.0 Å². The average Bonchev–Trinajstić information content (AvgIpc) is 2.28. The van der Waals surface area contributed by atoms with Gasteiger partial charge in [0.15, 0.2) is 10.1 Å². The molecule has 1 rings (SSSR count). The molecule has 2 atom stereocenters. The van der Waals surface area contributed by atoms with Crippen LogP contribution in [0.15, 0.2) is 0 Å². The summed E-state index contributed by atoms with van der Waals surface area (Å²) >= 11 is 0. The van der Waals surface area contributed by atoms with Gasteiger partial charge < -0.3 is 9.45 Å². The molecule has 0 aliphatic carbocycles. The first-order chi connectivity index (χ1) is 9.11. The van der Waals surface area contributed by atoms with E-state index in [-0.39, 0.29) is 0 Å². The highest BCUT2D eigenvalue weighted by molar-refractivity contribution is 7.86. The Hall–Kier alpha value is -0.340. The molecular formula is C12H24F3NO3S. The van der Waals surface area contributed by atoms with Crippen LogP contribution in [0.2, 0.25) is 0 Å². The molecule has 20 heavy (non-hydrogen) atoms. The molecular weight excluding hydrogens is 295 g/mol. The Morgan fingerprint density at radius 2 is 1.80 bits per heavy atom. The number of hydrogen-bond acceptors (Lipinski definition) is 3. The average molecular weight is 319 g/mol. The minimum atomic E-state index is -6.09. The minimum absolute atomic E-state index is 1.05. The minimum Gasteiger partial charge on any atom is -0.741 e. The maximum Gasteiger partial charge on any atom is 0.485 e. The summed E-state index contributed by atoms with van der Waals surface area (Å²) in [6.45, 7) is 8.92. The summed E-state index contributed by atoms with van der Waals surface area (Å²) in [5.41, 5.74) is -5.65. The van der Waals surface area contributed by atoms with Crippen LogP contribution < -0.4 is 4.90 Å². The Morgan fingerprint density at radius 1 is 1.25 bits per heavy atom. The zero-order valence-corrected chi connectivity index (χ0v) is 12.8. The van der Waals surface area contributed by atoms with E-state index in [0.29, 0.717) is 0 Å². The molecule has 0 aromatic carbocycles. The zero-order chi connectivity index (χ0) is 15.8. The quantitative estimate of drug-likeness (QED) is 0.631. The third-order valence-electron chi connectivity index (χ3n) is 3.30. The molecule has 0 saturated carbocycles. The third kappa shape index (κ3) is 8.06. The number of quaternary nitrogens is 1. The van der Waals surface area contributed by atoms with Gasteiger partial charge in [0.2, 0.25) is 0 Å². The van der Waals surface area contributed by atoms with E-state index >= 15 is 0 Å². The van der Waals surface area contributed by atoms with Gasteiger partial charge in [0.1, 0.15) is 0 Å². The molecule has 0 aromatic rings. The van der Waals surface area contributed by atoms with Crippen molar-refractivity contribution in [3.05, 3.63) is 0 Å². The molecule has 0 amide bonds. The van der Waals surface area contributed by atoms with Gasteiger partial charge in [-0.3, -0.25) is 0 Å². The van der Waals surface area contributed by atoms with Gasteiger partial charge >= 0.3 is 5.51 Å². The van der Waals surface area contributed by atoms with Crippen LogP contribution in [0.3, 0.4) is 0 Å². The summed E-state index contributed by atoms with van der Waals surface area (Å²) < 4.78 is 58.9. The van der Waals surface area contributed by atoms with E-state index in [0.717, 1.165) is 5.92 Å². The number of alkyl halides is 3. The van der Waals surface area contributed by atoms with Crippen molar-refractivity contribution in [3.8, 4) is 0 Å². The predicted octanol–water partition coefficient (Wildman–Crippen LogP) is 1.54. The summed E-state index contributed by atoms with van der Waals surface area (Å²) in [5, 5.41) is 0. The number of halogens is 3. The van der Waals surface area contributed by atoms with Crippen molar-refractivity contribution in [1.29, 1.82) is 0 Å². The lowest BCUT2D eigenvalue weighted by Gasteiger charge is -2.29. The predicted molar refractivity (Wildman–Crippen MR) is 69.2 cm³/mol. The molecule has 8 heteroatoms. The topological polar surface area (TPSA) is 61.6 Å². The van der Waals surface area contributed by atoms with Crippen molar-refractivity contribution in [2.75, 3.05) is 19.6 Å². The highest BCUT2D eigenvalue weighted by atomic mass is 32.2. The second-order valence-electron chi connectivity index (χ2n) is 5.15. The van der Waals surface area contributed by atoms with Gasteiger partial charge in [-0.05, 0) is 25.7 Å². The highest BCUT2D eigenvalue weighted by Gasteiger charge is 2.36. The van der Waals surface area contributed by atoms with E-state index < -0.39 is 15.6 Å². The van der Waals surface area contributed by atoms with E-state index in [4.69, 9.17) is 13.0 Å². The number of piperidine rings is 1. The molecule has 4 nitrogen and oxygen atoms in total. The molecule has 1 saturated heterocycles. The Bertz CT molecular complexity index is 341. The van der Waals surface area contributed by atoms with Crippen LogP contribution in [0.25, 0.3) is 0 Å². The first kappa shape index (κ1) is 19.7. The zero-order valence-electron chi connectivity index (χ0n) is 12.0. The first-order valence-corrected chi connectivity index (χ1v) is 8.38. The standard InChI is InChI=1S/C11H23N.CHF3O3S/c1-3-6-11-7-5-9-12(10-11)8-4-2;2-1(3,4)8(5,6)7/h11H,3-10H2,1-2H3;(H,5,6,7). The van der Waals surface area contributed by atoms with Crippen LogP contribution in [-0.2, 0) is 10.1 Å². The Balaban J connectivity index is 0.000000396. The molecule has 1 heterocycles. The molecule has 1 aliphatic rings. The summed E-state index contributed by atoms with van der Waals surface area (Å²) in [5.74, 6) is 1.05. The fourth-order valence-corrected chi connectivity index (χ4v) is 2.49. The second-order valence-corrected chi connectivity index (χ2v) is 6.52. The maximum absolute atomic E-state index is 10.7. The Kier molecular flexibility index (Phi) is 8.69. The van der Waals surface area contributed by atoms with Crippen molar-refractivity contribution in [2.24, 2.45) is 5.92 Å².